The van der Waals surface area contributed by atoms with Crippen molar-refractivity contribution in [3.05, 3.63) is 21.9 Å². The van der Waals surface area contributed by atoms with Crippen molar-refractivity contribution in [1.29, 1.82) is 0 Å². The van der Waals surface area contributed by atoms with Crippen molar-refractivity contribution >= 4 is 23.4 Å². The van der Waals surface area contributed by atoms with E-state index in [1.807, 2.05) is 26.2 Å². The lowest BCUT2D eigenvalue weighted by Crippen LogP contribution is -2.34. The fraction of sp³-hybridized carbons (Fsp3) is 0.538. The van der Waals surface area contributed by atoms with E-state index in [-0.39, 0.29) is 12.0 Å². The molecule has 1 saturated carbocycles. The van der Waals surface area contributed by atoms with Crippen molar-refractivity contribution in [3.8, 4) is 0 Å². The summed E-state index contributed by atoms with van der Waals surface area (Å²) < 4.78 is 5.17. The van der Waals surface area contributed by atoms with Gasteiger partial charge in [-0.15, -0.1) is 11.3 Å². The normalized spacial score (nSPS) is 21.8. The van der Waals surface area contributed by atoms with Gasteiger partial charge in [0.1, 0.15) is 10.5 Å². The Kier molecular flexibility index (Phi) is 3.54. The molecule has 1 aromatic rings. The molecule has 1 aromatic heterocycles. The maximum absolute atomic E-state index is 11.6. The number of aromatic carboxylic acids is 1. The van der Waals surface area contributed by atoms with Crippen molar-refractivity contribution in [2.75, 3.05) is 0 Å². The van der Waals surface area contributed by atoms with Crippen LogP contribution in [0.5, 0.6) is 0 Å². The summed E-state index contributed by atoms with van der Waals surface area (Å²) in [6.45, 7) is 5.44. The van der Waals surface area contributed by atoms with Crippen LogP contribution in [0.25, 0.3) is 0 Å². The second-order valence-corrected chi connectivity index (χ2v) is 6.56. The van der Waals surface area contributed by atoms with Crippen molar-refractivity contribution in [1.82, 2.24) is 5.32 Å². The van der Waals surface area contributed by atoms with E-state index in [4.69, 9.17) is 9.84 Å². The molecule has 1 fully saturated rings. The van der Waals surface area contributed by atoms with E-state index in [1.165, 1.54) is 11.3 Å². The van der Waals surface area contributed by atoms with E-state index in [1.54, 1.807) is 6.07 Å². The third kappa shape index (κ3) is 3.70. The number of hydrogen-bond donors (Lipinski definition) is 2. The number of rotatable bonds is 3. The molecule has 5 nitrogen and oxygen atoms in total. The SMILES string of the molecule is CC(C)(C)OC(=O)N[C@@H]1C[C@H]1c1csc(C(=O)O)c1. The van der Waals surface area contributed by atoms with E-state index >= 15 is 0 Å². The standard InChI is InChI=1S/C13H17NO4S/c1-13(2,3)18-12(17)14-9-5-8(9)7-4-10(11(15)16)19-6-7/h4,6,8-9H,5H2,1-3H3,(H,14,17)(H,15,16)/t8-,9+/m0/s1. The summed E-state index contributed by atoms with van der Waals surface area (Å²) in [5.74, 6) is -0.703. The van der Waals surface area contributed by atoms with Gasteiger partial charge in [0.15, 0.2) is 0 Å². The number of alkyl carbamates (subject to hydrolysis) is 1. The van der Waals surface area contributed by atoms with Crippen LogP contribution in [0.4, 0.5) is 4.79 Å². The van der Waals surface area contributed by atoms with Gasteiger partial charge in [0.05, 0.1) is 0 Å². The molecule has 2 N–H and O–H groups in total. The van der Waals surface area contributed by atoms with Crippen molar-refractivity contribution in [2.45, 2.75) is 44.8 Å². The van der Waals surface area contributed by atoms with Crippen LogP contribution in [0.15, 0.2) is 11.4 Å². The molecule has 0 unspecified atom stereocenters. The summed E-state index contributed by atoms with van der Waals surface area (Å²) >= 11 is 1.21. The summed E-state index contributed by atoms with van der Waals surface area (Å²) in [5.41, 5.74) is 0.469. The zero-order valence-corrected chi connectivity index (χ0v) is 11.9. The van der Waals surface area contributed by atoms with Crippen LogP contribution in [-0.4, -0.2) is 28.8 Å². The van der Waals surface area contributed by atoms with Crippen molar-refractivity contribution in [3.63, 3.8) is 0 Å². The van der Waals surface area contributed by atoms with Gasteiger partial charge in [-0.05, 0) is 44.2 Å². The van der Waals surface area contributed by atoms with Crippen LogP contribution < -0.4 is 5.32 Å². The number of amides is 1. The fourth-order valence-corrected chi connectivity index (χ4v) is 2.65. The van der Waals surface area contributed by atoms with Gasteiger partial charge >= 0.3 is 12.1 Å². The molecule has 0 bridgehead atoms. The topological polar surface area (TPSA) is 75.6 Å². The smallest absolute Gasteiger partial charge is 0.407 e. The molecule has 104 valence electrons. The molecule has 1 aliphatic rings. The van der Waals surface area contributed by atoms with Crippen molar-refractivity contribution in [2.24, 2.45) is 0 Å². The molecule has 0 spiro atoms. The molecule has 2 rings (SSSR count). The number of carboxylic acids is 1. The van der Waals surface area contributed by atoms with Gasteiger partial charge in [-0.3, -0.25) is 0 Å². The van der Waals surface area contributed by atoms with Gasteiger partial charge in [-0.25, -0.2) is 9.59 Å². The molecule has 1 amide bonds. The van der Waals surface area contributed by atoms with Gasteiger partial charge < -0.3 is 15.2 Å². The van der Waals surface area contributed by atoms with E-state index in [2.05, 4.69) is 5.32 Å². The van der Waals surface area contributed by atoms with Gasteiger partial charge in [0.2, 0.25) is 0 Å². The second kappa shape index (κ2) is 4.85. The lowest BCUT2D eigenvalue weighted by atomic mass is 10.2. The van der Waals surface area contributed by atoms with Crippen molar-refractivity contribution < 1.29 is 19.4 Å². The number of carbonyl (C=O) groups excluding carboxylic acids is 1. The van der Waals surface area contributed by atoms with Crippen LogP contribution in [-0.2, 0) is 4.74 Å². The molecule has 0 aromatic carbocycles. The molecule has 0 radical (unpaired) electrons. The number of carbonyl (C=O) groups is 2. The van der Waals surface area contributed by atoms with E-state index in [9.17, 15) is 9.59 Å². The first-order valence-corrected chi connectivity index (χ1v) is 6.95. The summed E-state index contributed by atoms with van der Waals surface area (Å²) in [6, 6.07) is 1.72. The first-order valence-electron chi connectivity index (χ1n) is 6.07. The maximum Gasteiger partial charge on any atom is 0.407 e. The lowest BCUT2D eigenvalue weighted by molar-refractivity contribution is 0.0522. The highest BCUT2D eigenvalue weighted by Gasteiger charge is 2.41. The molecule has 19 heavy (non-hydrogen) atoms. The average molecular weight is 283 g/mol. The molecule has 2 atom stereocenters. The Bertz CT molecular complexity index is 503. The number of hydrogen-bond acceptors (Lipinski definition) is 4. The zero-order chi connectivity index (χ0) is 14.2. The third-order valence-corrected chi connectivity index (χ3v) is 3.69. The minimum Gasteiger partial charge on any atom is -0.477 e. The van der Waals surface area contributed by atoms with E-state index < -0.39 is 17.7 Å². The van der Waals surface area contributed by atoms with Crippen LogP contribution in [0.3, 0.4) is 0 Å². The quantitative estimate of drug-likeness (QED) is 0.894. The highest BCUT2D eigenvalue weighted by Crippen LogP contribution is 2.42. The Hall–Kier alpha value is -1.56. The van der Waals surface area contributed by atoms with E-state index in [0.717, 1.165) is 12.0 Å². The number of thiophene rings is 1. The Balaban J connectivity index is 1.87. The largest absolute Gasteiger partial charge is 0.477 e. The number of nitrogens with one attached hydrogen (secondary N) is 1. The van der Waals surface area contributed by atoms with Gasteiger partial charge in [-0.1, -0.05) is 0 Å². The van der Waals surface area contributed by atoms with Gasteiger partial charge in [0.25, 0.3) is 0 Å². The minimum atomic E-state index is -0.909. The first-order chi connectivity index (χ1) is 8.76. The predicted octanol–water partition coefficient (Wildman–Crippen LogP) is 2.83. The minimum absolute atomic E-state index is 0.0473. The van der Waals surface area contributed by atoms with Crippen LogP contribution in [0, 0.1) is 0 Å². The molecule has 0 aliphatic heterocycles. The summed E-state index contributed by atoms with van der Waals surface area (Å²) in [4.78, 5) is 22.7. The van der Waals surface area contributed by atoms with Crippen LogP contribution >= 0.6 is 11.3 Å². The number of ether oxygens (including phenoxy) is 1. The van der Waals surface area contributed by atoms with Gasteiger partial charge in [-0.2, -0.15) is 0 Å². The Morgan fingerprint density at radius 2 is 2.16 bits per heavy atom. The summed E-state index contributed by atoms with van der Waals surface area (Å²) in [7, 11) is 0. The van der Waals surface area contributed by atoms with Gasteiger partial charge in [0, 0.05) is 12.0 Å². The average Bonchev–Trinajstić information content (AvgIpc) is 2.82. The maximum atomic E-state index is 11.6. The first kappa shape index (κ1) is 13.9. The lowest BCUT2D eigenvalue weighted by Gasteiger charge is -2.19. The molecular formula is C13H17NO4S. The molecule has 0 saturated heterocycles. The Morgan fingerprint density at radius 3 is 2.68 bits per heavy atom. The monoisotopic (exact) mass is 283 g/mol. The van der Waals surface area contributed by atoms with Crippen LogP contribution in [0.2, 0.25) is 0 Å². The van der Waals surface area contributed by atoms with Crippen LogP contribution in [0.1, 0.15) is 48.3 Å². The third-order valence-electron chi connectivity index (χ3n) is 2.75. The molecule has 1 heterocycles. The van der Waals surface area contributed by atoms with E-state index in [0.29, 0.717) is 4.88 Å². The predicted molar refractivity (Wildman–Crippen MR) is 71.8 cm³/mol. The Labute approximate surface area is 115 Å². The number of carboxylic acid groups (broad SMARTS) is 1. The second-order valence-electron chi connectivity index (χ2n) is 5.64. The summed E-state index contributed by atoms with van der Waals surface area (Å²) in [6.07, 6.45) is 0.406. The highest BCUT2D eigenvalue weighted by atomic mass is 32.1. The summed E-state index contributed by atoms with van der Waals surface area (Å²) in [5, 5.41) is 13.5. The fourth-order valence-electron chi connectivity index (χ4n) is 1.84. The zero-order valence-electron chi connectivity index (χ0n) is 11.1. The highest BCUT2D eigenvalue weighted by molar-refractivity contribution is 7.12. The molecular weight excluding hydrogens is 266 g/mol. The molecule has 1 aliphatic carbocycles. The Morgan fingerprint density at radius 1 is 1.47 bits per heavy atom. The molecule has 6 heteroatoms.